The smallest absolute Gasteiger partial charge is 0.253 e. The van der Waals surface area contributed by atoms with Gasteiger partial charge in [-0.1, -0.05) is 43.9 Å². The standard InChI is InChI=1S/C20H26N2O2/c1-14-6-8-16-13-17(20(24)22-18(16)12-14)10-11-21-19(23)9-7-15-4-2-3-5-15/h6,8,12-13,15,17H,2-5,7,9-11H2,1H3,(H,21,23). The second-order valence-electron chi connectivity index (χ2n) is 7.11. The first-order valence-electron chi connectivity index (χ1n) is 9.09. The Morgan fingerprint density at radius 2 is 2.04 bits per heavy atom. The Labute approximate surface area is 143 Å². The third kappa shape index (κ3) is 4.31. The number of hydrogen-bond donors (Lipinski definition) is 1. The fourth-order valence-electron chi connectivity index (χ4n) is 3.68. The molecule has 1 atom stereocenters. The normalized spacial score (nSPS) is 20.2. The minimum Gasteiger partial charge on any atom is -0.356 e. The molecule has 0 aromatic heterocycles. The molecule has 1 N–H and O–H groups in total. The van der Waals surface area contributed by atoms with Gasteiger partial charge in [0.1, 0.15) is 0 Å². The number of rotatable bonds is 6. The average Bonchev–Trinajstić information content (AvgIpc) is 3.07. The number of nitrogens with zero attached hydrogens (tertiary/aromatic N) is 1. The second-order valence-corrected chi connectivity index (χ2v) is 7.11. The minimum absolute atomic E-state index is 0.103. The molecule has 3 rings (SSSR count). The number of hydrogen-bond acceptors (Lipinski definition) is 2. The topological polar surface area (TPSA) is 58.5 Å². The molecule has 0 bridgehead atoms. The number of fused-ring (bicyclic) bond motifs is 1. The molecule has 1 aliphatic carbocycles. The Bertz CT molecular complexity index is 732. The molecule has 0 saturated heterocycles. The molecule has 1 aromatic rings. The van der Waals surface area contributed by atoms with E-state index in [2.05, 4.69) is 10.3 Å². The molecule has 1 saturated carbocycles. The van der Waals surface area contributed by atoms with Crippen molar-refractivity contribution < 1.29 is 9.59 Å². The van der Waals surface area contributed by atoms with Crippen molar-refractivity contribution in [3.63, 3.8) is 0 Å². The zero-order chi connectivity index (χ0) is 16.9. The van der Waals surface area contributed by atoms with Crippen LogP contribution in [0.2, 0.25) is 0 Å². The van der Waals surface area contributed by atoms with Crippen LogP contribution < -0.4 is 15.9 Å². The lowest BCUT2D eigenvalue weighted by molar-refractivity contribution is -0.122. The summed E-state index contributed by atoms with van der Waals surface area (Å²) in [6.07, 6.45) is 9.40. The van der Waals surface area contributed by atoms with Crippen LogP contribution in [-0.2, 0) is 9.59 Å². The summed E-state index contributed by atoms with van der Waals surface area (Å²) in [6, 6.07) is 5.97. The second kappa shape index (κ2) is 7.73. The summed E-state index contributed by atoms with van der Waals surface area (Å²) >= 11 is 0. The third-order valence-electron chi connectivity index (χ3n) is 5.15. The Morgan fingerprint density at radius 3 is 2.83 bits per heavy atom. The summed E-state index contributed by atoms with van der Waals surface area (Å²) in [6.45, 7) is 2.53. The van der Waals surface area contributed by atoms with Gasteiger partial charge in [-0.3, -0.25) is 9.59 Å². The van der Waals surface area contributed by atoms with Crippen molar-refractivity contribution in [3.05, 3.63) is 34.3 Å². The van der Waals surface area contributed by atoms with E-state index < -0.39 is 0 Å². The summed E-state index contributed by atoms with van der Waals surface area (Å²) in [7, 11) is 0. The van der Waals surface area contributed by atoms with Crippen molar-refractivity contribution in [1.82, 2.24) is 5.32 Å². The lowest BCUT2D eigenvalue weighted by Gasteiger charge is -2.13. The van der Waals surface area contributed by atoms with Crippen LogP contribution in [0.5, 0.6) is 0 Å². The van der Waals surface area contributed by atoms with Crippen molar-refractivity contribution in [2.45, 2.75) is 51.9 Å². The first-order valence-corrected chi connectivity index (χ1v) is 9.09. The Kier molecular flexibility index (Phi) is 5.44. The zero-order valence-electron chi connectivity index (χ0n) is 14.4. The molecule has 4 heteroatoms. The number of amides is 2. The quantitative estimate of drug-likeness (QED) is 0.869. The molecular formula is C20H26N2O2. The maximum Gasteiger partial charge on any atom is 0.253 e. The van der Waals surface area contributed by atoms with E-state index in [0.717, 1.165) is 28.5 Å². The van der Waals surface area contributed by atoms with Gasteiger partial charge in [-0.15, -0.1) is 0 Å². The van der Waals surface area contributed by atoms with E-state index in [9.17, 15) is 9.59 Å². The molecule has 1 fully saturated rings. The summed E-state index contributed by atoms with van der Waals surface area (Å²) in [5, 5.41) is 4.73. The van der Waals surface area contributed by atoms with E-state index in [1.165, 1.54) is 25.7 Å². The molecule has 0 radical (unpaired) electrons. The summed E-state index contributed by atoms with van der Waals surface area (Å²) < 4.78 is 0. The molecule has 0 spiro atoms. The molecule has 128 valence electrons. The molecule has 2 amide bonds. The van der Waals surface area contributed by atoms with Crippen molar-refractivity contribution >= 4 is 17.9 Å². The van der Waals surface area contributed by atoms with Crippen LogP contribution in [0.1, 0.15) is 50.5 Å². The van der Waals surface area contributed by atoms with E-state index in [0.29, 0.717) is 19.4 Å². The van der Waals surface area contributed by atoms with Gasteiger partial charge in [0.25, 0.3) is 5.91 Å². The molecule has 1 aromatic carbocycles. The lowest BCUT2D eigenvalue weighted by atomic mass is 9.99. The zero-order valence-corrected chi connectivity index (χ0v) is 14.4. The minimum atomic E-state index is -0.227. The average molecular weight is 326 g/mol. The first-order chi connectivity index (χ1) is 11.6. The van der Waals surface area contributed by atoms with E-state index in [1.54, 1.807) is 0 Å². The Balaban J connectivity index is 1.47. The molecule has 1 unspecified atom stereocenters. The third-order valence-corrected chi connectivity index (χ3v) is 5.15. The number of carbonyl (C=O) groups is 2. The first kappa shape index (κ1) is 16.9. The van der Waals surface area contributed by atoms with Gasteiger partial charge in [-0.2, -0.15) is 0 Å². The SMILES string of the molecule is Cc1ccc2c(c1)=NC(=O)C(CCNC(=O)CCC1CCCC1)C=2. The van der Waals surface area contributed by atoms with Crippen LogP contribution in [0.3, 0.4) is 0 Å². The molecule has 2 aliphatic rings. The van der Waals surface area contributed by atoms with E-state index in [-0.39, 0.29) is 17.7 Å². The number of aryl methyl sites for hydroxylation is 1. The molecule has 1 heterocycles. The van der Waals surface area contributed by atoms with Crippen molar-refractivity contribution in [1.29, 1.82) is 0 Å². The highest BCUT2D eigenvalue weighted by molar-refractivity contribution is 5.86. The fourth-order valence-corrected chi connectivity index (χ4v) is 3.68. The van der Waals surface area contributed by atoms with E-state index in [1.807, 2.05) is 31.2 Å². The monoisotopic (exact) mass is 326 g/mol. The predicted molar refractivity (Wildman–Crippen MR) is 93.7 cm³/mol. The van der Waals surface area contributed by atoms with E-state index in [4.69, 9.17) is 0 Å². The highest BCUT2D eigenvalue weighted by atomic mass is 16.2. The van der Waals surface area contributed by atoms with Crippen LogP contribution in [0, 0.1) is 18.8 Å². The summed E-state index contributed by atoms with van der Waals surface area (Å²) in [5.74, 6) is 0.518. The predicted octanol–water partition coefficient (Wildman–Crippen LogP) is 2.03. The van der Waals surface area contributed by atoms with Gasteiger partial charge in [0.2, 0.25) is 5.91 Å². The number of nitrogens with one attached hydrogen (secondary N) is 1. The van der Waals surface area contributed by atoms with E-state index >= 15 is 0 Å². The summed E-state index contributed by atoms with van der Waals surface area (Å²) in [5.41, 5.74) is 1.10. The largest absolute Gasteiger partial charge is 0.356 e. The van der Waals surface area contributed by atoms with Gasteiger partial charge in [-0.05, 0) is 42.5 Å². The fraction of sp³-hybridized carbons (Fsp3) is 0.550. The van der Waals surface area contributed by atoms with Crippen LogP contribution in [0.15, 0.2) is 23.2 Å². The highest BCUT2D eigenvalue weighted by Gasteiger charge is 2.19. The Morgan fingerprint density at radius 1 is 1.25 bits per heavy atom. The van der Waals surface area contributed by atoms with Gasteiger partial charge in [0, 0.05) is 13.0 Å². The molecular weight excluding hydrogens is 300 g/mol. The molecule has 1 aliphatic heterocycles. The van der Waals surface area contributed by atoms with Crippen LogP contribution in [-0.4, -0.2) is 18.4 Å². The summed E-state index contributed by atoms with van der Waals surface area (Å²) in [4.78, 5) is 28.3. The van der Waals surface area contributed by atoms with Gasteiger partial charge in [0.15, 0.2) is 0 Å². The number of benzene rings is 1. The maximum absolute atomic E-state index is 12.1. The van der Waals surface area contributed by atoms with Crippen molar-refractivity contribution in [2.75, 3.05) is 6.54 Å². The number of carbonyl (C=O) groups excluding carboxylic acids is 2. The van der Waals surface area contributed by atoms with Gasteiger partial charge < -0.3 is 5.32 Å². The van der Waals surface area contributed by atoms with Crippen molar-refractivity contribution in [2.24, 2.45) is 16.8 Å². The van der Waals surface area contributed by atoms with Gasteiger partial charge in [-0.25, -0.2) is 4.99 Å². The van der Waals surface area contributed by atoms with Crippen LogP contribution >= 0.6 is 0 Å². The molecule has 4 nitrogen and oxygen atoms in total. The molecule has 24 heavy (non-hydrogen) atoms. The highest BCUT2D eigenvalue weighted by Crippen LogP contribution is 2.28. The Hall–Kier alpha value is -1.97. The van der Waals surface area contributed by atoms with Crippen LogP contribution in [0.25, 0.3) is 6.08 Å². The maximum atomic E-state index is 12.1. The lowest BCUT2D eigenvalue weighted by Crippen LogP contribution is -2.35. The van der Waals surface area contributed by atoms with Gasteiger partial charge >= 0.3 is 0 Å². The van der Waals surface area contributed by atoms with Crippen molar-refractivity contribution in [3.8, 4) is 0 Å². The van der Waals surface area contributed by atoms with Crippen LogP contribution in [0.4, 0.5) is 0 Å². The van der Waals surface area contributed by atoms with Gasteiger partial charge in [0.05, 0.1) is 11.3 Å².